The van der Waals surface area contributed by atoms with Crippen LogP contribution in [0.1, 0.15) is 42.4 Å². The zero-order valence-electron chi connectivity index (χ0n) is 17.4. The molecule has 0 aliphatic carbocycles. The van der Waals surface area contributed by atoms with Crippen molar-refractivity contribution in [1.29, 1.82) is 0 Å². The van der Waals surface area contributed by atoms with Crippen LogP contribution in [0.5, 0.6) is 0 Å². The number of carbonyl (C=O) groups excluding carboxylic acids is 3. The molecule has 0 spiro atoms. The van der Waals surface area contributed by atoms with E-state index in [1.165, 1.54) is 0 Å². The van der Waals surface area contributed by atoms with Gasteiger partial charge in [0.25, 0.3) is 5.91 Å². The highest BCUT2D eigenvalue weighted by Gasteiger charge is 2.39. The molecule has 0 fully saturated rings. The highest BCUT2D eigenvalue weighted by molar-refractivity contribution is 6.35. The zero-order valence-corrected chi connectivity index (χ0v) is 17.4. The Kier molecular flexibility index (Phi) is 5.72. The molecular weight excluding hydrogens is 370 g/mol. The molecule has 2 aromatic rings. The SMILES string of the molecule is Cc1nn(C)c(C)c1CCNC(=O)C(=O)NC1C(=O)N(C(C)C)c2ccccc21. The van der Waals surface area contributed by atoms with E-state index >= 15 is 0 Å². The van der Waals surface area contributed by atoms with E-state index in [2.05, 4.69) is 15.7 Å². The van der Waals surface area contributed by atoms with Crippen LogP contribution in [0.2, 0.25) is 0 Å². The molecule has 1 aliphatic heterocycles. The quantitative estimate of drug-likeness (QED) is 0.744. The average Bonchev–Trinajstić information content (AvgIpc) is 3.09. The third-order valence-corrected chi connectivity index (χ3v) is 5.31. The maximum atomic E-state index is 12.8. The highest BCUT2D eigenvalue weighted by atomic mass is 16.2. The van der Waals surface area contributed by atoms with Gasteiger partial charge in [-0.25, -0.2) is 0 Å². The topological polar surface area (TPSA) is 96.3 Å². The van der Waals surface area contributed by atoms with E-state index in [1.54, 1.807) is 15.6 Å². The van der Waals surface area contributed by atoms with Gasteiger partial charge in [-0.05, 0) is 45.7 Å². The Balaban J connectivity index is 1.62. The standard InChI is InChI=1S/C21H27N5O3/c1-12(2)26-17-9-7-6-8-16(17)18(21(26)29)23-20(28)19(27)22-11-10-15-13(3)24-25(5)14(15)4/h6-9,12,18H,10-11H2,1-5H3,(H,22,27)(H,23,28). The summed E-state index contributed by atoms with van der Waals surface area (Å²) in [6.07, 6.45) is 0.580. The van der Waals surface area contributed by atoms with Crippen LogP contribution in [0.4, 0.5) is 5.69 Å². The fourth-order valence-corrected chi connectivity index (χ4v) is 3.77. The Hall–Kier alpha value is -3.16. The molecule has 154 valence electrons. The third kappa shape index (κ3) is 3.87. The third-order valence-electron chi connectivity index (χ3n) is 5.31. The largest absolute Gasteiger partial charge is 0.348 e. The molecule has 2 heterocycles. The summed E-state index contributed by atoms with van der Waals surface area (Å²) < 4.78 is 1.79. The number of aryl methyl sites for hydroxylation is 2. The first-order valence-corrected chi connectivity index (χ1v) is 9.72. The summed E-state index contributed by atoms with van der Waals surface area (Å²) in [7, 11) is 1.87. The van der Waals surface area contributed by atoms with Crippen molar-refractivity contribution < 1.29 is 14.4 Å². The summed E-state index contributed by atoms with van der Waals surface area (Å²) in [5, 5.41) is 9.56. The summed E-state index contributed by atoms with van der Waals surface area (Å²) in [6.45, 7) is 8.02. The van der Waals surface area contributed by atoms with Crippen molar-refractivity contribution in [2.75, 3.05) is 11.4 Å². The van der Waals surface area contributed by atoms with E-state index in [1.807, 2.05) is 52.9 Å². The number of rotatable bonds is 5. The number of anilines is 1. The Labute approximate surface area is 170 Å². The smallest absolute Gasteiger partial charge is 0.310 e. The Morgan fingerprint density at radius 2 is 1.86 bits per heavy atom. The van der Waals surface area contributed by atoms with Gasteiger partial charge >= 0.3 is 11.8 Å². The molecular formula is C21H27N5O3. The van der Waals surface area contributed by atoms with Crippen molar-refractivity contribution in [2.24, 2.45) is 7.05 Å². The van der Waals surface area contributed by atoms with Gasteiger partial charge in [0.1, 0.15) is 6.04 Å². The van der Waals surface area contributed by atoms with E-state index in [0.29, 0.717) is 18.5 Å². The van der Waals surface area contributed by atoms with Gasteiger partial charge in [0.2, 0.25) is 0 Å². The van der Waals surface area contributed by atoms with E-state index in [0.717, 1.165) is 22.6 Å². The first-order valence-electron chi connectivity index (χ1n) is 9.72. The fourth-order valence-electron chi connectivity index (χ4n) is 3.77. The lowest BCUT2D eigenvalue weighted by molar-refractivity contribution is -0.140. The number of hydrogen-bond acceptors (Lipinski definition) is 4. The monoisotopic (exact) mass is 397 g/mol. The highest BCUT2D eigenvalue weighted by Crippen LogP contribution is 2.36. The van der Waals surface area contributed by atoms with Crippen molar-refractivity contribution in [3.63, 3.8) is 0 Å². The molecule has 0 radical (unpaired) electrons. The van der Waals surface area contributed by atoms with Gasteiger partial charge in [-0.2, -0.15) is 5.10 Å². The minimum atomic E-state index is -0.852. The molecule has 1 aromatic carbocycles. The molecule has 1 aromatic heterocycles. The molecule has 1 unspecified atom stereocenters. The van der Waals surface area contributed by atoms with Crippen LogP contribution < -0.4 is 15.5 Å². The lowest BCUT2D eigenvalue weighted by atomic mass is 10.1. The number of hydrogen-bond donors (Lipinski definition) is 2. The predicted octanol–water partition coefficient (Wildman–Crippen LogP) is 1.31. The van der Waals surface area contributed by atoms with Crippen LogP contribution in [0.3, 0.4) is 0 Å². The van der Waals surface area contributed by atoms with E-state index in [-0.39, 0.29) is 11.9 Å². The van der Waals surface area contributed by atoms with E-state index in [9.17, 15) is 14.4 Å². The molecule has 0 saturated heterocycles. The van der Waals surface area contributed by atoms with Gasteiger partial charge < -0.3 is 15.5 Å². The van der Waals surface area contributed by atoms with Gasteiger partial charge in [0, 0.05) is 36.6 Å². The van der Waals surface area contributed by atoms with Crippen LogP contribution in [-0.2, 0) is 27.9 Å². The molecule has 3 rings (SSSR count). The second kappa shape index (κ2) is 8.06. The number of carbonyl (C=O) groups is 3. The number of benzene rings is 1. The van der Waals surface area contributed by atoms with Gasteiger partial charge in [-0.1, -0.05) is 18.2 Å². The number of para-hydroxylation sites is 1. The van der Waals surface area contributed by atoms with Gasteiger partial charge in [-0.15, -0.1) is 0 Å². The van der Waals surface area contributed by atoms with Crippen LogP contribution in [0.15, 0.2) is 24.3 Å². The first-order chi connectivity index (χ1) is 13.7. The van der Waals surface area contributed by atoms with E-state index in [4.69, 9.17) is 0 Å². The molecule has 2 N–H and O–H groups in total. The average molecular weight is 397 g/mol. The summed E-state index contributed by atoms with van der Waals surface area (Å²) >= 11 is 0. The summed E-state index contributed by atoms with van der Waals surface area (Å²) in [5.41, 5.74) is 4.46. The predicted molar refractivity (Wildman–Crippen MR) is 109 cm³/mol. The number of amides is 3. The number of nitrogens with zero attached hydrogens (tertiary/aromatic N) is 3. The Bertz CT molecular complexity index is 963. The second-order valence-electron chi connectivity index (χ2n) is 7.55. The van der Waals surface area contributed by atoms with Crippen molar-refractivity contribution in [2.45, 2.75) is 46.2 Å². The second-order valence-corrected chi connectivity index (χ2v) is 7.55. The van der Waals surface area contributed by atoms with Crippen LogP contribution in [-0.4, -0.2) is 40.1 Å². The van der Waals surface area contributed by atoms with Crippen molar-refractivity contribution in [3.8, 4) is 0 Å². The molecule has 3 amide bonds. The van der Waals surface area contributed by atoms with Crippen LogP contribution in [0, 0.1) is 13.8 Å². The normalized spacial score (nSPS) is 15.6. The zero-order chi connectivity index (χ0) is 21.3. The molecule has 8 heteroatoms. The van der Waals surface area contributed by atoms with Gasteiger partial charge in [0.05, 0.1) is 5.69 Å². The number of aromatic nitrogens is 2. The summed E-state index contributed by atoms with van der Waals surface area (Å²) in [4.78, 5) is 39.1. The minimum Gasteiger partial charge on any atom is -0.348 e. The summed E-state index contributed by atoms with van der Waals surface area (Å²) in [6, 6.07) is 6.40. The maximum Gasteiger partial charge on any atom is 0.310 e. The number of fused-ring (bicyclic) bond motifs is 1. The minimum absolute atomic E-state index is 0.0506. The first kappa shape index (κ1) is 20.6. The molecule has 29 heavy (non-hydrogen) atoms. The van der Waals surface area contributed by atoms with Crippen LogP contribution >= 0.6 is 0 Å². The number of nitrogens with one attached hydrogen (secondary N) is 2. The Morgan fingerprint density at radius 1 is 1.17 bits per heavy atom. The van der Waals surface area contributed by atoms with Crippen molar-refractivity contribution in [3.05, 3.63) is 46.8 Å². The molecule has 1 aliphatic rings. The van der Waals surface area contributed by atoms with Crippen LogP contribution in [0.25, 0.3) is 0 Å². The molecule has 1 atom stereocenters. The molecule has 0 saturated carbocycles. The van der Waals surface area contributed by atoms with Gasteiger partial charge in [0.15, 0.2) is 0 Å². The molecule has 8 nitrogen and oxygen atoms in total. The van der Waals surface area contributed by atoms with Crippen molar-refractivity contribution in [1.82, 2.24) is 20.4 Å². The maximum absolute atomic E-state index is 12.8. The Morgan fingerprint density at radius 3 is 2.48 bits per heavy atom. The van der Waals surface area contributed by atoms with E-state index < -0.39 is 17.9 Å². The fraction of sp³-hybridized carbons (Fsp3) is 0.429. The van der Waals surface area contributed by atoms with Gasteiger partial charge in [-0.3, -0.25) is 19.1 Å². The lowest BCUT2D eigenvalue weighted by Crippen LogP contribution is -2.45. The lowest BCUT2D eigenvalue weighted by Gasteiger charge is -2.22. The molecule has 0 bridgehead atoms. The summed E-state index contributed by atoms with van der Waals surface area (Å²) in [5.74, 6) is -1.80. The van der Waals surface area contributed by atoms with Crippen molar-refractivity contribution >= 4 is 23.4 Å².